The van der Waals surface area contributed by atoms with E-state index in [4.69, 9.17) is 5.11 Å². The van der Waals surface area contributed by atoms with Crippen molar-refractivity contribution in [3.63, 3.8) is 0 Å². The van der Waals surface area contributed by atoms with Gasteiger partial charge in [0.15, 0.2) is 0 Å². The van der Waals surface area contributed by atoms with Gasteiger partial charge in [0.25, 0.3) is 0 Å². The Bertz CT molecular complexity index is 498. The van der Waals surface area contributed by atoms with Crippen LogP contribution in [0, 0.1) is 0 Å². The van der Waals surface area contributed by atoms with Crippen LogP contribution in [0.5, 0.6) is 0 Å². The smallest absolute Gasteiger partial charge is 0.307 e. The summed E-state index contributed by atoms with van der Waals surface area (Å²) in [5.41, 5.74) is 1.94. The number of rotatable bonds is 20. The van der Waals surface area contributed by atoms with Gasteiger partial charge in [-0.3, -0.25) is 4.79 Å². The van der Waals surface area contributed by atoms with Gasteiger partial charge in [0.2, 0.25) is 0 Å². The maximum absolute atomic E-state index is 10.7. The molecule has 166 valence electrons. The summed E-state index contributed by atoms with van der Waals surface area (Å²) in [6, 6.07) is 7.74. The van der Waals surface area contributed by atoms with Gasteiger partial charge in [-0.05, 0) is 24.1 Å². The standard InChI is InChI=1S/C26H45NO2/c1-2-3-4-5-6-7-8-9-10-11-12-13-14-15-16-17-22-27-25-20-18-24(19-21-25)23-26(28)29/h18-21,27H,2-17,22-23H2,1H3,(H,28,29). The van der Waals surface area contributed by atoms with Crippen molar-refractivity contribution in [2.75, 3.05) is 11.9 Å². The first kappa shape index (κ1) is 25.5. The fourth-order valence-electron chi connectivity index (χ4n) is 3.82. The molecule has 0 heterocycles. The van der Waals surface area contributed by atoms with Gasteiger partial charge in [-0.25, -0.2) is 0 Å². The summed E-state index contributed by atoms with van der Waals surface area (Å²) < 4.78 is 0. The molecular formula is C26H45NO2. The molecule has 0 fully saturated rings. The number of carboxylic acids is 1. The molecule has 3 nitrogen and oxygen atoms in total. The van der Waals surface area contributed by atoms with Gasteiger partial charge in [0.1, 0.15) is 0 Å². The predicted molar refractivity (Wildman–Crippen MR) is 126 cm³/mol. The summed E-state index contributed by atoms with van der Waals surface area (Å²) in [4.78, 5) is 10.7. The van der Waals surface area contributed by atoms with Gasteiger partial charge in [0.05, 0.1) is 6.42 Å². The second-order valence-electron chi connectivity index (χ2n) is 8.50. The van der Waals surface area contributed by atoms with Gasteiger partial charge in [-0.15, -0.1) is 0 Å². The monoisotopic (exact) mass is 403 g/mol. The van der Waals surface area contributed by atoms with E-state index in [1.807, 2.05) is 24.3 Å². The number of unbranched alkanes of at least 4 members (excludes halogenated alkanes) is 15. The van der Waals surface area contributed by atoms with Crippen molar-refractivity contribution >= 4 is 11.7 Å². The number of nitrogens with one attached hydrogen (secondary N) is 1. The lowest BCUT2D eigenvalue weighted by atomic mass is 10.0. The van der Waals surface area contributed by atoms with Crippen LogP contribution in [0.3, 0.4) is 0 Å². The molecule has 0 saturated carbocycles. The van der Waals surface area contributed by atoms with Gasteiger partial charge < -0.3 is 10.4 Å². The molecule has 0 amide bonds. The average Bonchev–Trinajstić information content (AvgIpc) is 2.71. The molecular weight excluding hydrogens is 358 g/mol. The SMILES string of the molecule is CCCCCCCCCCCCCCCCCCNc1ccc(CC(=O)O)cc1. The Morgan fingerprint density at radius 1 is 0.690 bits per heavy atom. The lowest BCUT2D eigenvalue weighted by Crippen LogP contribution is -2.03. The number of carbonyl (C=O) groups is 1. The van der Waals surface area contributed by atoms with Crippen LogP contribution in [0.2, 0.25) is 0 Å². The Hall–Kier alpha value is -1.51. The van der Waals surface area contributed by atoms with Crippen LogP contribution in [0.15, 0.2) is 24.3 Å². The van der Waals surface area contributed by atoms with E-state index in [1.54, 1.807) is 0 Å². The molecule has 0 bridgehead atoms. The number of anilines is 1. The van der Waals surface area contributed by atoms with Crippen LogP contribution < -0.4 is 5.32 Å². The van der Waals surface area contributed by atoms with Crippen LogP contribution in [-0.4, -0.2) is 17.6 Å². The summed E-state index contributed by atoms with van der Waals surface area (Å²) in [6.07, 6.45) is 22.4. The molecule has 1 aromatic rings. The molecule has 0 spiro atoms. The minimum Gasteiger partial charge on any atom is -0.481 e. The van der Waals surface area contributed by atoms with Crippen molar-refractivity contribution in [2.24, 2.45) is 0 Å². The molecule has 0 aromatic heterocycles. The van der Waals surface area contributed by atoms with Crippen LogP contribution >= 0.6 is 0 Å². The van der Waals surface area contributed by atoms with E-state index in [2.05, 4.69) is 12.2 Å². The fourth-order valence-corrected chi connectivity index (χ4v) is 3.82. The van der Waals surface area contributed by atoms with Crippen molar-refractivity contribution in [3.8, 4) is 0 Å². The molecule has 0 aliphatic rings. The Balaban J connectivity index is 1.80. The molecule has 0 aliphatic heterocycles. The summed E-state index contributed by atoms with van der Waals surface area (Å²) in [7, 11) is 0. The molecule has 0 radical (unpaired) electrons. The lowest BCUT2D eigenvalue weighted by molar-refractivity contribution is -0.136. The van der Waals surface area contributed by atoms with Crippen molar-refractivity contribution in [3.05, 3.63) is 29.8 Å². The predicted octanol–water partition coefficient (Wildman–Crippen LogP) is 7.99. The van der Waals surface area contributed by atoms with Crippen LogP contribution in [-0.2, 0) is 11.2 Å². The first-order chi connectivity index (χ1) is 14.2. The van der Waals surface area contributed by atoms with Crippen molar-refractivity contribution < 1.29 is 9.90 Å². The first-order valence-corrected chi connectivity index (χ1v) is 12.3. The highest BCUT2D eigenvalue weighted by Gasteiger charge is 2.00. The largest absolute Gasteiger partial charge is 0.481 e. The molecule has 1 aromatic carbocycles. The molecule has 1 rings (SSSR count). The number of carboxylic acid groups (broad SMARTS) is 1. The molecule has 0 atom stereocenters. The van der Waals surface area contributed by atoms with Gasteiger partial charge in [-0.1, -0.05) is 115 Å². The van der Waals surface area contributed by atoms with E-state index in [0.29, 0.717) is 0 Å². The molecule has 0 unspecified atom stereocenters. The third kappa shape index (κ3) is 16.0. The first-order valence-electron chi connectivity index (χ1n) is 12.3. The Morgan fingerprint density at radius 2 is 1.10 bits per heavy atom. The Labute approximate surface area is 179 Å². The molecule has 2 N–H and O–H groups in total. The quantitative estimate of drug-likeness (QED) is 0.217. The van der Waals surface area contributed by atoms with Crippen molar-refractivity contribution in [1.82, 2.24) is 0 Å². The normalized spacial score (nSPS) is 10.9. The zero-order valence-corrected chi connectivity index (χ0v) is 18.9. The molecule has 3 heteroatoms. The van der Waals surface area contributed by atoms with Crippen LogP contribution in [0.4, 0.5) is 5.69 Å². The minimum atomic E-state index is -0.779. The van der Waals surface area contributed by atoms with E-state index >= 15 is 0 Å². The lowest BCUT2D eigenvalue weighted by Gasteiger charge is -2.07. The van der Waals surface area contributed by atoms with Crippen LogP contribution in [0.25, 0.3) is 0 Å². The van der Waals surface area contributed by atoms with Crippen molar-refractivity contribution in [2.45, 2.75) is 116 Å². The Morgan fingerprint density at radius 3 is 1.52 bits per heavy atom. The van der Waals surface area contributed by atoms with Gasteiger partial charge >= 0.3 is 5.97 Å². The summed E-state index contributed by atoms with van der Waals surface area (Å²) in [6.45, 7) is 3.28. The Kier molecular flexibility index (Phi) is 16.3. The number of hydrogen-bond acceptors (Lipinski definition) is 2. The summed E-state index contributed by atoms with van der Waals surface area (Å²) in [5.74, 6) is -0.779. The second kappa shape index (κ2) is 18.5. The molecule has 0 aliphatic carbocycles. The zero-order valence-electron chi connectivity index (χ0n) is 18.9. The van der Waals surface area contributed by atoms with E-state index in [-0.39, 0.29) is 6.42 Å². The zero-order chi connectivity index (χ0) is 21.0. The highest BCUT2D eigenvalue weighted by atomic mass is 16.4. The third-order valence-electron chi connectivity index (χ3n) is 5.67. The number of aliphatic carboxylic acids is 1. The van der Waals surface area contributed by atoms with Crippen molar-refractivity contribution in [1.29, 1.82) is 0 Å². The maximum atomic E-state index is 10.7. The third-order valence-corrected chi connectivity index (χ3v) is 5.67. The fraction of sp³-hybridized carbons (Fsp3) is 0.731. The topological polar surface area (TPSA) is 49.3 Å². The van der Waals surface area contributed by atoms with E-state index in [9.17, 15) is 4.79 Å². The number of benzene rings is 1. The minimum absolute atomic E-state index is 0.0966. The molecule has 29 heavy (non-hydrogen) atoms. The molecule has 0 saturated heterocycles. The van der Waals surface area contributed by atoms with E-state index < -0.39 is 5.97 Å². The maximum Gasteiger partial charge on any atom is 0.307 e. The van der Waals surface area contributed by atoms with Crippen LogP contribution in [0.1, 0.15) is 115 Å². The highest BCUT2D eigenvalue weighted by molar-refractivity contribution is 5.70. The second-order valence-corrected chi connectivity index (χ2v) is 8.50. The number of hydrogen-bond donors (Lipinski definition) is 2. The van der Waals surface area contributed by atoms with E-state index in [1.165, 1.54) is 103 Å². The summed E-state index contributed by atoms with van der Waals surface area (Å²) >= 11 is 0. The highest BCUT2D eigenvalue weighted by Crippen LogP contribution is 2.14. The average molecular weight is 404 g/mol. The summed E-state index contributed by atoms with van der Waals surface area (Å²) in [5, 5.41) is 12.2. The van der Waals surface area contributed by atoms with E-state index in [0.717, 1.165) is 17.8 Å². The van der Waals surface area contributed by atoms with Gasteiger partial charge in [-0.2, -0.15) is 0 Å². The van der Waals surface area contributed by atoms with Gasteiger partial charge in [0, 0.05) is 12.2 Å².